The first-order valence-corrected chi connectivity index (χ1v) is 16.2. The molecule has 0 aliphatic heterocycles. The molecular formula is C31H46N4O9S. The predicted molar refractivity (Wildman–Crippen MR) is 169 cm³/mol. The summed E-state index contributed by atoms with van der Waals surface area (Å²) in [6.45, 7) is 11.7. The summed E-state index contributed by atoms with van der Waals surface area (Å²) in [4.78, 5) is 16.0. The standard InChI is InChI=1S/C31H46N4O9S/c1-24(2)29(30(36)44-31(3,4)5)35(45(37,38)28-13-11-26(39-6)12-14-28)23-25-7-9-27(10-8-25)43-22-21-42-20-19-41-18-17-40-16-15-33-34-32/h7-14,24,29H,15-23H2,1-6H3/t29-/m1/s1. The molecule has 14 heteroatoms. The third-order valence-electron chi connectivity index (χ3n) is 6.16. The Morgan fingerprint density at radius 3 is 1.91 bits per heavy atom. The van der Waals surface area contributed by atoms with Gasteiger partial charge < -0.3 is 28.4 Å². The molecule has 1 atom stereocenters. The number of methoxy groups -OCH3 is 1. The Balaban J connectivity index is 2.00. The maximum absolute atomic E-state index is 14.0. The molecule has 0 bridgehead atoms. The molecule has 0 aromatic heterocycles. The molecule has 0 amide bonds. The van der Waals surface area contributed by atoms with Crippen LogP contribution in [-0.2, 0) is 40.3 Å². The molecule has 0 saturated carbocycles. The number of carbonyl (C=O) groups excluding carboxylic acids is 1. The van der Waals surface area contributed by atoms with Gasteiger partial charge in [-0.05, 0) is 74.2 Å². The zero-order valence-corrected chi connectivity index (χ0v) is 27.8. The minimum Gasteiger partial charge on any atom is -0.497 e. The fourth-order valence-electron chi connectivity index (χ4n) is 4.08. The summed E-state index contributed by atoms with van der Waals surface area (Å²) in [5, 5.41) is 3.38. The largest absolute Gasteiger partial charge is 0.497 e. The highest BCUT2D eigenvalue weighted by Gasteiger charge is 2.40. The van der Waals surface area contributed by atoms with Crippen molar-refractivity contribution in [1.82, 2.24) is 4.31 Å². The van der Waals surface area contributed by atoms with Crippen molar-refractivity contribution in [3.63, 3.8) is 0 Å². The summed E-state index contributed by atoms with van der Waals surface area (Å²) in [7, 11) is -2.62. The molecule has 0 radical (unpaired) electrons. The van der Waals surface area contributed by atoms with Crippen LogP contribution in [0.1, 0.15) is 40.2 Å². The van der Waals surface area contributed by atoms with Gasteiger partial charge in [-0.1, -0.05) is 31.1 Å². The van der Waals surface area contributed by atoms with E-state index in [0.29, 0.717) is 69.9 Å². The van der Waals surface area contributed by atoms with Crippen LogP contribution in [0.5, 0.6) is 11.5 Å². The van der Waals surface area contributed by atoms with E-state index in [-0.39, 0.29) is 17.4 Å². The van der Waals surface area contributed by atoms with E-state index in [1.165, 1.54) is 23.5 Å². The van der Waals surface area contributed by atoms with E-state index >= 15 is 0 Å². The number of sulfonamides is 1. The van der Waals surface area contributed by atoms with Gasteiger partial charge in [0.05, 0.1) is 51.6 Å². The second kappa shape index (κ2) is 19.2. The number of carbonyl (C=O) groups is 1. The Bertz CT molecular complexity index is 1310. The second-order valence-electron chi connectivity index (χ2n) is 11.2. The first kappa shape index (κ1) is 37.8. The molecule has 45 heavy (non-hydrogen) atoms. The van der Waals surface area contributed by atoms with E-state index in [4.69, 9.17) is 34.0 Å². The SMILES string of the molecule is COc1ccc(S(=O)(=O)N(Cc2ccc(OCCOCCOCCOCCN=[N+]=[N-])cc2)[C@@H](C(=O)OC(C)(C)C)C(C)C)cc1. The van der Waals surface area contributed by atoms with Gasteiger partial charge in [-0.2, -0.15) is 4.31 Å². The number of ether oxygens (including phenoxy) is 6. The third-order valence-corrected chi connectivity index (χ3v) is 8.00. The fraction of sp³-hybridized carbons (Fsp3) is 0.581. The smallest absolute Gasteiger partial charge is 0.325 e. The van der Waals surface area contributed by atoms with Gasteiger partial charge in [-0.15, -0.1) is 0 Å². The Hall–Kier alpha value is -3.39. The zero-order chi connectivity index (χ0) is 33.3. The molecule has 0 saturated heterocycles. The second-order valence-corrected chi connectivity index (χ2v) is 13.1. The van der Waals surface area contributed by atoms with E-state index in [0.717, 1.165) is 0 Å². The lowest BCUT2D eigenvalue weighted by Crippen LogP contribution is -2.49. The normalized spacial score (nSPS) is 12.5. The Morgan fingerprint density at radius 1 is 0.867 bits per heavy atom. The summed E-state index contributed by atoms with van der Waals surface area (Å²) < 4.78 is 61.9. The lowest BCUT2D eigenvalue weighted by Gasteiger charge is -2.34. The van der Waals surface area contributed by atoms with Crippen LogP contribution in [0.2, 0.25) is 0 Å². The minimum atomic E-state index is -4.12. The van der Waals surface area contributed by atoms with Crippen molar-refractivity contribution in [2.24, 2.45) is 11.0 Å². The van der Waals surface area contributed by atoms with Crippen LogP contribution in [0.4, 0.5) is 0 Å². The molecule has 0 unspecified atom stereocenters. The van der Waals surface area contributed by atoms with Crippen molar-refractivity contribution in [1.29, 1.82) is 0 Å². The Morgan fingerprint density at radius 2 is 1.40 bits per heavy atom. The van der Waals surface area contributed by atoms with Crippen molar-refractivity contribution in [3.8, 4) is 11.5 Å². The first-order valence-electron chi connectivity index (χ1n) is 14.7. The molecule has 0 heterocycles. The molecule has 0 aliphatic rings. The summed E-state index contributed by atoms with van der Waals surface area (Å²) in [6.07, 6.45) is 0. The van der Waals surface area contributed by atoms with Gasteiger partial charge in [0, 0.05) is 18.0 Å². The third kappa shape index (κ3) is 13.6. The van der Waals surface area contributed by atoms with E-state index in [9.17, 15) is 13.2 Å². The number of hydrogen-bond donors (Lipinski definition) is 0. The molecule has 2 rings (SSSR count). The number of hydrogen-bond acceptors (Lipinski definition) is 10. The van der Waals surface area contributed by atoms with E-state index in [1.54, 1.807) is 71.0 Å². The first-order chi connectivity index (χ1) is 21.4. The molecule has 0 N–H and O–H groups in total. The molecule has 0 spiro atoms. The van der Waals surface area contributed by atoms with Gasteiger partial charge in [-0.3, -0.25) is 4.79 Å². The highest BCUT2D eigenvalue weighted by Crippen LogP contribution is 2.28. The van der Waals surface area contributed by atoms with Crippen LogP contribution in [0, 0.1) is 5.92 Å². The summed E-state index contributed by atoms with van der Waals surface area (Å²) in [6, 6.07) is 12.0. The molecule has 0 fully saturated rings. The molecule has 250 valence electrons. The topological polar surface area (TPSA) is 159 Å². The number of benzene rings is 2. The average molecular weight is 651 g/mol. The van der Waals surface area contributed by atoms with Gasteiger partial charge in [-0.25, -0.2) is 8.42 Å². The van der Waals surface area contributed by atoms with Crippen molar-refractivity contribution >= 4 is 16.0 Å². The van der Waals surface area contributed by atoms with E-state index in [1.807, 2.05) is 0 Å². The highest BCUT2D eigenvalue weighted by atomic mass is 32.2. The van der Waals surface area contributed by atoms with Gasteiger partial charge in [0.1, 0.15) is 29.7 Å². The van der Waals surface area contributed by atoms with Crippen molar-refractivity contribution in [3.05, 3.63) is 64.5 Å². The van der Waals surface area contributed by atoms with E-state index < -0.39 is 27.6 Å². The quantitative estimate of drug-likeness (QED) is 0.0596. The maximum Gasteiger partial charge on any atom is 0.325 e. The van der Waals surface area contributed by atoms with Crippen LogP contribution in [0.25, 0.3) is 10.4 Å². The summed E-state index contributed by atoms with van der Waals surface area (Å²) in [5.74, 6) is 0.123. The lowest BCUT2D eigenvalue weighted by molar-refractivity contribution is -0.161. The van der Waals surface area contributed by atoms with Crippen LogP contribution in [0.15, 0.2) is 58.5 Å². The average Bonchev–Trinajstić information content (AvgIpc) is 2.98. The number of rotatable bonds is 21. The van der Waals surface area contributed by atoms with Crippen LogP contribution < -0.4 is 9.47 Å². The molecular weight excluding hydrogens is 604 g/mol. The van der Waals surface area contributed by atoms with Gasteiger partial charge >= 0.3 is 5.97 Å². The predicted octanol–water partition coefficient (Wildman–Crippen LogP) is 4.99. The van der Waals surface area contributed by atoms with Crippen LogP contribution >= 0.6 is 0 Å². The molecule has 2 aromatic rings. The fourth-order valence-corrected chi connectivity index (χ4v) is 5.78. The Labute approximate surface area is 266 Å². The number of nitrogens with zero attached hydrogens (tertiary/aromatic N) is 4. The molecule has 2 aromatic carbocycles. The highest BCUT2D eigenvalue weighted by molar-refractivity contribution is 7.89. The van der Waals surface area contributed by atoms with Gasteiger partial charge in [0.25, 0.3) is 0 Å². The van der Waals surface area contributed by atoms with Crippen molar-refractivity contribution in [2.45, 2.75) is 57.7 Å². The monoisotopic (exact) mass is 650 g/mol. The molecule has 13 nitrogen and oxygen atoms in total. The van der Waals surface area contributed by atoms with Crippen LogP contribution in [0.3, 0.4) is 0 Å². The van der Waals surface area contributed by atoms with Crippen LogP contribution in [-0.4, -0.2) is 90.2 Å². The van der Waals surface area contributed by atoms with Crippen molar-refractivity contribution in [2.75, 3.05) is 59.9 Å². The number of esters is 1. The summed E-state index contributed by atoms with van der Waals surface area (Å²) in [5.41, 5.74) is 8.07. The minimum absolute atomic E-state index is 0.0402. The van der Waals surface area contributed by atoms with Crippen molar-refractivity contribution < 1.29 is 41.6 Å². The Kier molecular flexibility index (Phi) is 16.1. The molecule has 0 aliphatic carbocycles. The summed E-state index contributed by atoms with van der Waals surface area (Å²) >= 11 is 0. The van der Waals surface area contributed by atoms with Gasteiger partial charge in [0.15, 0.2) is 0 Å². The zero-order valence-electron chi connectivity index (χ0n) is 27.0. The maximum atomic E-state index is 14.0. The van der Waals surface area contributed by atoms with Gasteiger partial charge in [0.2, 0.25) is 10.0 Å². The number of azide groups is 1. The van der Waals surface area contributed by atoms with E-state index in [2.05, 4.69) is 10.0 Å². The lowest BCUT2D eigenvalue weighted by atomic mass is 10.0.